The number of hydrogen-bond acceptors (Lipinski definition) is 6. The summed E-state index contributed by atoms with van der Waals surface area (Å²) in [6, 6.07) is 11.7. The summed E-state index contributed by atoms with van der Waals surface area (Å²) in [5.41, 5.74) is 1.85. The summed E-state index contributed by atoms with van der Waals surface area (Å²) in [4.78, 5) is 26.8. The number of halogens is 2. The lowest BCUT2D eigenvalue weighted by Gasteiger charge is -2.41. The molecule has 8 nitrogen and oxygen atoms in total. The van der Waals surface area contributed by atoms with Gasteiger partial charge in [0, 0.05) is 6.54 Å². The van der Waals surface area contributed by atoms with Crippen molar-refractivity contribution in [2.24, 2.45) is 0 Å². The van der Waals surface area contributed by atoms with E-state index in [0.717, 1.165) is 11.1 Å². The molecule has 1 N–H and O–H groups in total. The van der Waals surface area contributed by atoms with E-state index in [0.29, 0.717) is 33.5 Å². The second-order valence-electron chi connectivity index (χ2n) is 11.2. The first-order chi connectivity index (χ1) is 19.3. The van der Waals surface area contributed by atoms with Crippen molar-refractivity contribution < 1.29 is 33.3 Å². The van der Waals surface area contributed by atoms with Crippen LogP contribution in [-0.2, 0) is 14.0 Å². The number of amides is 1. The zero-order valence-electron chi connectivity index (χ0n) is 24.5. The topological polar surface area (TPSA) is 94.5 Å². The van der Waals surface area contributed by atoms with E-state index in [2.05, 4.69) is 33.9 Å². The van der Waals surface area contributed by atoms with Gasteiger partial charge < -0.3 is 23.7 Å². The van der Waals surface area contributed by atoms with E-state index in [1.54, 1.807) is 37.3 Å². The first-order valence-corrected chi connectivity index (χ1v) is 17.3. The van der Waals surface area contributed by atoms with Crippen LogP contribution in [0, 0.1) is 0 Å². The molecule has 0 fully saturated rings. The van der Waals surface area contributed by atoms with Crippen molar-refractivity contribution in [3.63, 3.8) is 0 Å². The number of benzene rings is 2. The van der Waals surface area contributed by atoms with E-state index in [9.17, 15) is 14.7 Å². The number of para-hydroxylation sites is 1. The molecular formula is C30H39Cl2NO7Si. The Morgan fingerprint density at radius 1 is 1.02 bits per heavy atom. The van der Waals surface area contributed by atoms with Gasteiger partial charge in [-0.1, -0.05) is 62.2 Å². The molecule has 0 aromatic heterocycles. The lowest BCUT2D eigenvalue weighted by Crippen LogP contribution is -2.51. The largest absolute Gasteiger partial charge is 0.490 e. The Morgan fingerprint density at radius 2 is 1.63 bits per heavy atom. The monoisotopic (exact) mass is 623 g/mol. The van der Waals surface area contributed by atoms with E-state index < -0.39 is 26.4 Å². The molecule has 0 bridgehead atoms. The van der Waals surface area contributed by atoms with E-state index in [1.165, 1.54) is 4.90 Å². The third kappa shape index (κ3) is 8.19. The van der Waals surface area contributed by atoms with Gasteiger partial charge in [-0.05, 0) is 66.9 Å². The predicted octanol–water partition coefficient (Wildman–Crippen LogP) is 7.54. The lowest BCUT2D eigenvalue weighted by atomic mass is 9.88. The highest BCUT2D eigenvalue weighted by Crippen LogP contribution is 2.39. The van der Waals surface area contributed by atoms with Gasteiger partial charge in [-0.25, -0.2) is 9.59 Å². The minimum Gasteiger partial charge on any atom is -0.490 e. The van der Waals surface area contributed by atoms with Crippen molar-refractivity contribution in [2.75, 3.05) is 33.0 Å². The van der Waals surface area contributed by atoms with Gasteiger partial charge in [-0.3, -0.25) is 4.90 Å². The highest BCUT2D eigenvalue weighted by Gasteiger charge is 2.42. The number of ether oxygens (including phenoxy) is 3. The smallest absolute Gasteiger partial charge is 0.407 e. The summed E-state index contributed by atoms with van der Waals surface area (Å²) in [5.74, 6) is 0.489. The Hall–Kier alpha value is -2.72. The molecule has 1 amide bonds. The molecule has 1 aliphatic rings. The molecule has 41 heavy (non-hydrogen) atoms. The fourth-order valence-electron chi connectivity index (χ4n) is 4.23. The van der Waals surface area contributed by atoms with Crippen LogP contribution in [0.25, 0.3) is 5.57 Å². The van der Waals surface area contributed by atoms with Crippen molar-refractivity contribution >= 4 is 49.2 Å². The molecule has 3 rings (SSSR count). The van der Waals surface area contributed by atoms with Crippen LogP contribution < -0.4 is 9.47 Å². The number of rotatable bonds is 11. The van der Waals surface area contributed by atoms with Crippen LogP contribution >= 0.6 is 23.2 Å². The molecule has 1 atom stereocenters. The summed E-state index contributed by atoms with van der Waals surface area (Å²) >= 11 is 12.3. The first-order valence-electron chi connectivity index (χ1n) is 13.6. The van der Waals surface area contributed by atoms with Crippen molar-refractivity contribution in [3.05, 3.63) is 63.6 Å². The quantitative estimate of drug-likeness (QED) is 0.157. The van der Waals surface area contributed by atoms with Crippen LogP contribution in [0.3, 0.4) is 0 Å². The normalized spacial score (nSPS) is 16.0. The van der Waals surface area contributed by atoms with Crippen molar-refractivity contribution in [1.82, 2.24) is 4.90 Å². The summed E-state index contributed by atoms with van der Waals surface area (Å²) in [6.07, 6.45) is -0.734. The Labute approximate surface area is 253 Å². The van der Waals surface area contributed by atoms with E-state index in [1.807, 2.05) is 12.1 Å². The summed E-state index contributed by atoms with van der Waals surface area (Å²) in [6.45, 7) is 13.3. The molecule has 0 radical (unpaired) electrons. The maximum absolute atomic E-state index is 13.3. The standard InChI is InChI=1S/C30H39Cl2NO7Si/c1-7-37-28(34)26-22(15-16-33(29(35)36)25(26)19-40-41(5,6)30(2,3)4)20-11-13-21(14-12-20)38-17-18-39-27-23(31)9-8-10-24(27)32/h8-14,25H,7,15-19H2,1-6H3,(H,35,36). The first kappa shape index (κ1) is 32.8. The molecule has 2 aromatic rings. The van der Waals surface area contributed by atoms with Crippen LogP contribution in [-0.4, -0.2) is 69.4 Å². The van der Waals surface area contributed by atoms with Gasteiger partial charge in [0.2, 0.25) is 0 Å². The number of nitrogens with zero attached hydrogens (tertiary/aromatic N) is 1. The molecular weight excluding hydrogens is 585 g/mol. The van der Waals surface area contributed by atoms with Gasteiger partial charge in [0.05, 0.1) is 34.9 Å². The Kier molecular flexibility index (Phi) is 11.2. The molecule has 0 aliphatic carbocycles. The van der Waals surface area contributed by atoms with E-state index in [4.69, 9.17) is 41.8 Å². The molecule has 2 aromatic carbocycles. The van der Waals surface area contributed by atoms with Crippen molar-refractivity contribution in [1.29, 1.82) is 0 Å². The van der Waals surface area contributed by atoms with Gasteiger partial charge in [0.25, 0.3) is 0 Å². The minimum atomic E-state index is -2.22. The molecule has 224 valence electrons. The Morgan fingerprint density at radius 3 is 2.20 bits per heavy atom. The highest BCUT2D eigenvalue weighted by molar-refractivity contribution is 6.74. The molecule has 1 aliphatic heterocycles. The van der Waals surface area contributed by atoms with E-state index >= 15 is 0 Å². The minimum absolute atomic E-state index is 0.0765. The Bertz CT molecular complexity index is 1240. The van der Waals surface area contributed by atoms with Crippen molar-refractivity contribution in [2.45, 2.75) is 58.3 Å². The van der Waals surface area contributed by atoms with Gasteiger partial charge >= 0.3 is 12.1 Å². The van der Waals surface area contributed by atoms with Gasteiger partial charge in [-0.2, -0.15) is 0 Å². The second-order valence-corrected chi connectivity index (χ2v) is 16.8. The van der Waals surface area contributed by atoms with Gasteiger partial charge in [-0.15, -0.1) is 0 Å². The maximum Gasteiger partial charge on any atom is 0.407 e. The maximum atomic E-state index is 13.3. The van der Waals surface area contributed by atoms with Crippen LogP contribution in [0.1, 0.15) is 39.7 Å². The Balaban J connectivity index is 1.82. The third-order valence-corrected chi connectivity index (χ3v) is 12.6. The summed E-state index contributed by atoms with van der Waals surface area (Å²) in [7, 11) is -2.22. The number of carbonyl (C=O) groups excluding carboxylic acids is 1. The molecule has 0 saturated heterocycles. The van der Waals surface area contributed by atoms with Crippen LogP contribution in [0.5, 0.6) is 11.5 Å². The SMILES string of the molecule is CCOC(=O)C1=C(c2ccc(OCCOc3c(Cl)cccc3Cl)cc2)CCN(C(=O)O)C1CO[Si](C)(C)C(C)(C)C. The predicted molar refractivity (Wildman–Crippen MR) is 164 cm³/mol. The molecule has 0 saturated carbocycles. The zero-order valence-corrected chi connectivity index (χ0v) is 27.0. The molecule has 0 spiro atoms. The molecule has 1 heterocycles. The highest BCUT2D eigenvalue weighted by atomic mass is 35.5. The number of carboxylic acid groups (broad SMARTS) is 1. The average molecular weight is 625 g/mol. The number of hydrogen-bond donors (Lipinski definition) is 1. The van der Waals surface area contributed by atoms with Crippen LogP contribution in [0.15, 0.2) is 48.0 Å². The second kappa shape index (κ2) is 14.0. The lowest BCUT2D eigenvalue weighted by molar-refractivity contribution is -0.139. The molecule has 11 heteroatoms. The fourth-order valence-corrected chi connectivity index (χ4v) is 5.74. The van der Waals surface area contributed by atoms with Gasteiger partial charge in [0.15, 0.2) is 14.1 Å². The number of carbonyl (C=O) groups is 2. The molecule has 1 unspecified atom stereocenters. The van der Waals surface area contributed by atoms with Crippen LogP contribution in [0.2, 0.25) is 28.2 Å². The van der Waals surface area contributed by atoms with Crippen molar-refractivity contribution in [3.8, 4) is 11.5 Å². The summed E-state index contributed by atoms with van der Waals surface area (Å²) < 4.78 is 23.3. The number of esters is 1. The third-order valence-electron chi connectivity index (χ3n) is 7.51. The van der Waals surface area contributed by atoms with Gasteiger partial charge in [0.1, 0.15) is 19.0 Å². The fraction of sp³-hybridized carbons (Fsp3) is 0.467. The average Bonchev–Trinajstić information content (AvgIpc) is 2.90. The zero-order chi connectivity index (χ0) is 30.4. The summed E-state index contributed by atoms with van der Waals surface area (Å²) in [5, 5.41) is 10.8. The van der Waals surface area contributed by atoms with Crippen LogP contribution in [0.4, 0.5) is 4.79 Å². The van der Waals surface area contributed by atoms with E-state index in [-0.39, 0.29) is 38.0 Å².